The maximum atomic E-state index is 11.2. The third kappa shape index (κ3) is 3.92. The van der Waals surface area contributed by atoms with Gasteiger partial charge in [-0.3, -0.25) is 4.79 Å². The Hall–Kier alpha value is -1.06. The summed E-state index contributed by atoms with van der Waals surface area (Å²) in [5, 5.41) is 2.50. The average Bonchev–Trinajstić information content (AvgIpc) is 1.96. The van der Waals surface area contributed by atoms with E-state index in [-0.39, 0.29) is 11.2 Å². The molecule has 4 nitrogen and oxygen atoms in total. The van der Waals surface area contributed by atoms with E-state index < -0.39 is 12.1 Å². The van der Waals surface area contributed by atoms with Crippen LogP contribution in [-0.2, 0) is 9.53 Å². The lowest BCUT2D eigenvalue weighted by atomic mass is 9.85. The minimum atomic E-state index is -0.574. The van der Waals surface area contributed by atoms with Gasteiger partial charge in [0.25, 0.3) is 0 Å². The zero-order valence-electron chi connectivity index (χ0n) is 8.80. The van der Waals surface area contributed by atoms with Gasteiger partial charge in [0, 0.05) is 0 Å². The molecule has 0 saturated carbocycles. The van der Waals surface area contributed by atoms with Crippen LogP contribution in [0.25, 0.3) is 0 Å². The summed E-state index contributed by atoms with van der Waals surface area (Å²) in [6.45, 7) is 7.10. The van der Waals surface area contributed by atoms with Gasteiger partial charge >= 0.3 is 6.09 Å². The monoisotopic (exact) mass is 187 g/mol. The SMILES string of the molecule is COC(=O)N[C@H](C(C)=O)C(C)(C)C. The van der Waals surface area contributed by atoms with E-state index >= 15 is 0 Å². The van der Waals surface area contributed by atoms with Crippen molar-refractivity contribution in [2.75, 3.05) is 7.11 Å². The molecule has 1 amide bonds. The van der Waals surface area contributed by atoms with Gasteiger partial charge in [0.15, 0.2) is 5.78 Å². The number of methoxy groups -OCH3 is 1. The molecule has 0 bridgehead atoms. The van der Waals surface area contributed by atoms with Crippen molar-refractivity contribution in [3.8, 4) is 0 Å². The Morgan fingerprint density at radius 2 is 1.77 bits per heavy atom. The summed E-state index contributed by atoms with van der Waals surface area (Å²) in [5.41, 5.74) is -0.292. The summed E-state index contributed by atoms with van der Waals surface area (Å²) in [5.74, 6) is -0.0714. The predicted molar refractivity (Wildman–Crippen MR) is 49.5 cm³/mol. The summed E-state index contributed by atoms with van der Waals surface area (Å²) >= 11 is 0. The van der Waals surface area contributed by atoms with Crippen molar-refractivity contribution in [3.63, 3.8) is 0 Å². The van der Waals surface area contributed by atoms with Gasteiger partial charge < -0.3 is 10.1 Å². The van der Waals surface area contributed by atoms with E-state index in [2.05, 4.69) is 10.1 Å². The smallest absolute Gasteiger partial charge is 0.407 e. The van der Waals surface area contributed by atoms with Crippen LogP contribution >= 0.6 is 0 Å². The molecule has 0 aliphatic rings. The second kappa shape index (κ2) is 4.25. The number of carbonyl (C=O) groups excluding carboxylic acids is 2. The van der Waals surface area contributed by atoms with E-state index in [0.29, 0.717) is 0 Å². The van der Waals surface area contributed by atoms with Crippen LogP contribution in [-0.4, -0.2) is 25.0 Å². The Bertz CT molecular complexity index is 205. The minimum absolute atomic E-state index is 0.0714. The van der Waals surface area contributed by atoms with Gasteiger partial charge in [0.1, 0.15) is 0 Å². The van der Waals surface area contributed by atoms with Crippen molar-refractivity contribution in [1.82, 2.24) is 5.32 Å². The molecule has 13 heavy (non-hydrogen) atoms. The third-order valence-electron chi connectivity index (χ3n) is 1.72. The van der Waals surface area contributed by atoms with Crippen molar-refractivity contribution in [2.24, 2.45) is 5.41 Å². The summed E-state index contributed by atoms with van der Waals surface area (Å²) in [4.78, 5) is 22.1. The highest BCUT2D eigenvalue weighted by Crippen LogP contribution is 2.19. The zero-order valence-corrected chi connectivity index (χ0v) is 8.80. The highest BCUT2D eigenvalue weighted by Gasteiger charge is 2.30. The Morgan fingerprint density at radius 1 is 1.31 bits per heavy atom. The first kappa shape index (κ1) is 11.9. The number of nitrogens with one attached hydrogen (secondary N) is 1. The fraction of sp³-hybridized carbons (Fsp3) is 0.778. The molecule has 4 heteroatoms. The number of carbonyl (C=O) groups is 2. The molecule has 0 fully saturated rings. The molecular weight excluding hydrogens is 170 g/mol. The van der Waals surface area contributed by atoms with Crippen LogP contribution < -0.4 is 5.32 Å². The lowest BCUT2D eigenvalue weighted by Crippen LogP contribution is -2.48. The third-order valence-corrected chi connectivity index (χ3v) is 1.72. The Kier molecular flexibility index (Phi) is 3.91. The number of hydrogen-bond acceptors (Lipinski definition) is 3. The molecule has 1 atom stereocenters. The molecule has 0 heterocycles. The second-order valence-corrected chi connectivity index (χ2v) is 4.05. The highest BCUT2D eigenvalue weighted by molar-refractivity contribution is 5.86. The molecule has 0 unspecified atom stereocenters. The van der Waals surface area contributed by atoms with Crippen LogP contribution in [0.1, 0.15) is 27.7 Å². The quantitative estimate of drug-likeness (QED) is 0.709. The van der Waals surface area contributed by atoms with E-state index in [1.54, 1.807) is 0 Å². The molecule has 0 spiro atoms. The first-order valence-corrected chi connectivity index (χ1v) is 4.14. The van der Waals surface area contributed by atoms with Crippen molar-refractivity contribution < 1.29 is 14.3 Å². The van der Waals surface area contributed by atoms with Gasteiger partial charge in [0.2, 0.25) is 0 Å². The van der Waals surface area contributed by atoms with E-state index in [9.17, 15) is 9.59 Å². The maximum absolute atomic E-state index is 11.2. The van der Waals surface area contributed by atoms with Crippen LogP contribution in [0.5, 0.6) is 0 Å². The zero-order chi connectivity index (χ0) is 10.6. The Balaban J connectivity index is 4.46. The molecule has 0 aliphatic carbocycles. The largest absolute Gasteiger partial charge is 0.453 e. The molecule has 0 saturated heterocycles. The van der Waals surface area contributed by atoms with Gasteiger partial charge in [-0.15, -0.1) is 0 Å². The average molecular weight is 187 g/mol. The molecule has 0 aromatic rings. The van der Waals surface area contributed by atoms with Crippen molar-refractivity contribution in [1.29, 1.82) is 0 Å². The highest BCUT2D eigenvalue weighted by atomic mass is 16.5. The van der Waals surface area contributed by atoms with Crippen LogP contribution in [0.2, 0.25) is 0 Å². The van der Waals surface area contributed by atoms with Crippen molar-refractivity contribution >= 4 is 11.9 Å². The number of rotatable bonds is 2. The standard InChI is InChI=1S/C9H17NO3/c1-6(11)7(9(2,3)4)10-8(12)13-5/h7H,1-5H3,(H,10,12)/t7-/m1/s1. The molecule has 0 aliphatic heterocycles. The van der Waals surface area contributed by atoms with E-state index in [0.717, 1.165) is 0 Å². The fourth-order valence-corrected chi connectivity index (χ4v) is 1.10. The van der Waals surface area contributed by atoms with Gasteiger partial charge in [-0.05, 0) is 12.3 Å². The van der Waals surface area contributed by atoms with E-state index in [4.69, 9.17) is 0 Å². The molecule has 0 rings (SSSR count). The van der Waals surface area contributed by atoms with Crippen molar-refractivity contribution in [2.45, 2.75) is 33.7 Å². The van der Waals surface area contributed by atoms with Gasteiger partial charge in [0.05, 0.1) is 13.2 Å². The molecule has 0 radical (unpaired) electrons. The lowest BCUT2D eigenvalue weighted by Gasteiger charge is -2.28. The van der Waals surface area contributed by atoms with Crippen LogP contribution in [0.15, 0.2) is 0 Å². The summed E-state index contributed by atoms with van der Waals surface area (Å²) in [6.07, 6.45) is -0.574. The number of ether oxygens (including phenoxy) is 1. The normalized spacial score (nSPS) is 13.3. The fourth-order valence-electron chi connectivity index (χ4n) is 1.10. The minimum Gasteiger partial charge on any atom is -0.453 e. The molecular formula is C9H17NO3. The first-order chi connectivity index (χ1) is 5.79. The van der Waals surface area contributed by atoms with Gasteiger partial charge in [-0.1, -0.05) is 20.8 Å². The number of alkyl carbamates (subject to hydrolysis) is 1. The van der Waals surface area contributed by atoms with Gasteiger partial charge in [-0.2, -0.15) is 0 Å². The number of Topliss-reactive ketones (excluding diaryl/α,β-unsaturated/α-hetero) is 1. The molecule has 76 valence electrons. The Labute approximate surface area is 78.6 Å². The summed E-state index contributed by atoms with van der Waals surface area (Å²) in [6, 6.07) is -0.500. The van der Waals surface area contributed by atoms with E-state index in [1.807, 2.05) is 20.8 Å². The number of amides is 1. The molecule has 0 aromatic heterocycles. The van der Waals surface area contributed by atoms with Crippen LogP contribution in [0, 0.1) is 5.41 Å². The first-order valence-electron chi connectivity index (χ1n) is 4.14. The summed E-state index contributed by atoms with van der Waals surface area (Å²) in [7, 11) is 1.27. The van der Waals surface area contributed by atoms with E-state index in [1.165, 1.54) is 14.0 Å². The molecule has 0 aromatic carbocycles. The topological polar surface area (TPSA) is 55.4 Å². The van der Waals surface area contributed by atoms with Crippen LogP contribution in [0.3, 0.4) is 0 Å². The summed E-state index contributed by atoms with van der Waals surface area (Å²) < 4.78 is 4.42. The van der Waals surface area contributed by atoms with Gasteiger partial charge in [-0.25, -0.2) is 4.79 Å². The predicted octanol–water partition coefficient (Wildman–Crippen LogP) is 1.35. The number of hydrogen-bond donors (Lipinski definition) is 1. The Morgan fingerprint density at radius 3 is 2.00 bits per heavy atom. The second-order valence-electron chi connectivity index (χ2n) is 4.05. The van der Waals surface area contributed by atoms with Crippen molar-refractivity contribution in [3.05, 3.63) is 0 Å². The number of ketones is 1. The maximum Gasteiger partial charge on any atom is 0.407 e. The molecule has 1 N–H and O–H groups in total. The lowest BCUT2D eigenvalue weighted by molar-refractivity contribution is -0.121. The van der Waals surface area contributed by atoms with Crippen LogP contribution in [0.4, 0.5) is 4.79 Å².